The van der Waals surface area contributed by atoms with Gasteiger partial charge in [0.25, 0.3) is 0 Å². The number of aryl methyl sites for hydroxylation is 3. The molecule has 2 aromatic carbocycles. The molecular formula is C31H35ClN4S. The van der Waals surface area contributed by atoms with E-state index in [0.29, 0.717) is 11.8 Å². The lowest BCUT2D eigenvalue weighted by molar-refractivity contribution is 0.491. The number of halogens is 1. The second-order valence-corrected chi connectivity index (χ2v) is 12.4. The van der Waals surface area contributed by atoms with Crippen molar-refractivity contribution < 1.29 is 0 Å². The van der Waals surface area contributed by atoms with Crippen LogP contribution < -0.4 is 0 Å². The summed E-state index contributed by atoms with van der Waals surface area (Å²) >= 11 is 8.55. The number of hydrogen-bond acceptors (Lipinski definition) is 4. The molecule has 192 valence electrons. The van der Waals surface area contributed by atoms with E-state index in [-0.39, 0.29) is 6.04 Å². The molecule has 1 unspecified atom stereocenters. The molecule has 0 N–H and O–H groups in total. The van der Waals surface area contributed by atoms with Crippen LogP contribution in [0.4, 0.5) is 0 Å². The lowest BCUT2D eigenvalue weighted by Gasteiger charge is -2.15. The van der Waals surface area contributed by atoms with Crippen molar-refractivity contribution in [3.63, 3.8) is 0 Å². The number of nitrogens with zero attached hydrogens (tertiary/aromatic N) is 4. The Morgan fingerprint density at radius 2 is 1.62 bits per heavy atom. The first-order valence-electron chi connectivity index (χ1n) is 13.3. The fourth-order valence-electron chi connectivity index (χ4n) is 5.07. The maximum absolute atomic E-state index is 6.73. The highest BCUT2D eigenvalue weighted by Crippen LogP contribution is 2.39. The van der Waals surface area contributed by atoms with Crippen LogP contribution >= 0.6 is 22.9 Å². The highest BCUT2D eigenvalue weighted by Gasteiger charge is 2.30. The highest BCUT2D eigenvalue weighted by molar-refractivity contribution is 7.15. The minimum absolute atomic E-state index is 0.0696. The summed E-state index contributed by atoms with van der Waals surface area (Å²) in [6, 6.07) is 19.4. The van der Waals surface area contributed by atoms with Crippen molar-refractivity contribution in [2.45, 2.75) is 66.3 Å². The van der Waals surface area contributed by atoms with Gasteiger partial charge in [-0.25, -0.2) is 0 Å². The summed E-state index contributed by atoms with van der Waals surface area (Å²) in [7, 11) is 0. The average Bonchev–Trinajstić information content (AvgIpc) is 3.41. The molecule has 37 heavy (non-hydrogen) atoms. The predicted octanol–water partition coefficient (Wildman–Crippen LogP) is 8.21. The second-order valence-electron chi connectivity index (χ2n) is 10.9. The fraction of sp³-hybridized carbons (Fsp3) is 0.387. The minimum atomic E-state index is -0.0696. The number of hydrogen-bond donors (Lipinski definition) is 0. The molecule has 0 amide bonds. The first-order valence-corrected chi connectivity index (χ1v) is 14.5. The Labute approximate surface area is 229 Å². The zero-order chi connectivity index (χ0) is 26.1. The summed E-state index contributed by atoms with van der Waals surface area (Å²) < 4.78 is 2.23. The molecule has 4 nitrogen and oxygen atoms in total. The molecule has 2 aromatic heterocycles. The fourth-order valence-corrected chi connectivity index (χ4v) is 6.51. The van der Waals surface area contributed by atoms with E-state index in [0.717, 1.165) is 64.2 Å². The van der Waals surface area contributed by atoms with E-state index in [9.17, 15) is 0 Å². The molecule has 0 spiro atoms. The van der Waals surface area contributed by atoms with E-state index in [2.05, 4.69) is 78.9 Å². The lowest BCUT2D eigenvalue weighted by Crippen LogP contribution is -2.08. The van der Waals surface area contributed by atoms with E-state index >= 15 is 0 Å². The number of aliphatic imine (C=N–C) groups is 1. The third-order valence-corrected chi connectivity index (χ3v) is 8.31. The van der Waals surface area contributed by atoms with Gasteiger partial charge in [0.05, 0.1) is 5.71 Å². The molecule has 1 aliphatic heterocycles. The van der Waals surface area contributed by atoms with Crippen molar-refractivity contribution in [1.29, 1.82) is 0 Å². The van der Waals surface area contributed by atoms with Gasteiger partial charge < -0.3 is 0 Å². The van der Waals surface area contributed by atoms with Gasteiger partial charge >= 0.3 is 0 Å². The summed E-state index contributed by atoms with van der Waals surface area (Å²) in [5.41, 5.74) is 5.83. The molecular weight excluding hydrogens is 496 g/mol. The third-order valence-electron chi connectivity index (χ3n) is 6.81. The molecule has 0 aliphatic carbocycles. The molecule has 3 heterocycles. The summed E-state index contributed by atoms with van der Waals surface area (Å²) in [6.07, 6.45) is 4.01. The molecule has 0 radical (unpaired) electrons. The summed E-state index contributed by atoms with van der Waals surface area (Å²) in [4.78, 5) is 6.65. The molecule has 5 rings (SSSR count). The monoisotopic (exact) mass is 530 g/mol. The molecule has 4 aromatic rings. The maximum atomic E-state index is 6.73. The van der Waals surface area contributed by atoms with Gasteiger partial charge in [0, 0.05) is 21.0 Å². The van der Waals surface area contributed by atoms with Gasteiger partial charge in [-0.3, -0.25) is 9.56 Å². The van der Waals surface area contributed by atoms with Crippen molar-refractivity contribution in [3.05, 3.63) is 98.4 Å². The van der Waals surface area contributed by atoms with Gasteiger partial charge in [-0.15, -0.1) is 21.5 Å². The van der Waals surface area contributed by atoms with Crippen molar-refractivity contribution in [1.82, 2.24) is 14.8 Å². The second kappa shape index (κ2) is 10.9. The molecule has 1 aliphatic rings. The average molecular weight is 531 g/mol. The maximum Gasteiger partial charge on any atom is 0.163 e. The highest BCUT2D eigenvalue weighted by atomic mass is 35.5. The lowest BCUT2D eigenvalue weighted by atomic mass is 9.99. The summed E-state index contributed by atoms with van der Waals surface area (Å²) in [5.74, 6) is 2.97. The van der Waals surface area contributed by atoms with Crippen molar-refractivity contribution in [2.24, 2.45) is 16.8 Å². The van der Waals surface area contributed by atoms with Crippen LogP contribution in [-0.4, -0.2) is 20.5 Å². The zero-order valence-electron chi connectivity index (χ0n) is 22.3. The number of rotatable bonds is 8. The van der Waals surface area contributed by atoms with Crippen LogP contribution in [0.25, 0.3) is 5.00 Å². The number of thiophene rings is 1. The number of fused-ring (bicyclic) bond motifs is 3. The molecule has 0 bridgehead atoms. The van der Waals surface area contributed by atoms with Crippen LogP contribution in [0.1, 0.15) is 78.9 Å². The van der Waals surface area contributed by atoms with E-state index in [1.54, 1.807) is 0 Å². The van der Waals surface area contributed by atoms with Crippen molar-refractivity contribution >= 4 is 28.6 Å². The Kier molecular flexibility index (Phi) is 7.64. The Morgan fingerprint density at radius 3 is 2.32 bits per heavy atom. The molecule has 0 saturated heterocycles. The van der Waals surface area contributed by atoms with Crippen molar-refractivity contribution in [3.8, 4) is 5.00 Å². The summed E-state index contributed by atoms with van der Waals surface area (Å²) in [6.45, 7) is 11.0. The van der Waals surface area contributed by atoms with Gasteiger partial charge in [0.2, 0.25) is 0 Å². The predicted molar refractivity (Wildman–Crippen MR) is 156 cm³/mol. The van der Waals surface area contributed by atoms with E-state index in [4.69, 9.17) is 16.6 Å². The normalized spacial score (nSPS) is 15.0. The van der Waals surface area contributed by atoms with E-state index < -0.39 is 0 Å². The van der Waals surface area contributed by atoms with Crippen LogP contribution in [0.5, 0.6) is 0 Å². The van der Waals surface area contributed by atoms with Crippen LogP contribution in [0.3, 0.4) is 0 Å². The first-order chi connectivity index (χ1) is 17.8. The van der Waals surface area contributed by atoms with Crippen LogP contribution in [0.2, 0.25) is 5.02 Å². The Hall–Kier alpha value is -2.76. The summed E-state index contributed by atoms with van der Waals surface area (Å²) in [5, 5.41) is 10.9. The minimum Gasteiger partial charge on any atom is -0.272 e. The van der Waals surface area contributed by atoms with E-state index in [1.165, 1.54) is 16.0 Å². The van der Waals surface area contributed by atoms with Crippen LogP contribution in [0, 0.1) is 18.8 Å². The van der Waals surface area contributed by atoms with E-state index in [1.807, 2.05) is 36.5 Å². The molecule has 0 fully saturated rings. The van der Waals surface area contributed by atoms with Gasteiger partial charge in [-0.05, 0) is 67.7 Å². The molecule has 1 atom stereocenters. The van der Waals surface area contributed by atoms with Gasteiger partial charge in [-0.1, -0.05) is 81.8 Å². The van der Waals surface area contributed by atoms with Crippen LogP contribution in [-0.2, 0) is 19.3 Å². The van der Waals surface area contributed by atoms with Crippen molar-refractivity contribution in [2.75, 3.05) is 0 Å². The first kappa shape index (κ1) is 25.9. The number of benzene rings is 2. The number of aromatic nitrogens is 3. The smallest absolute Gasteiger partial charge is 0.163 e. The standard InChI is InChI=1S/C31H35ClN4S/c1-19(2)16-23-12-10-22(11-13-23)14-15-24-18-26-29(25-8-6-7-9-27(25)32)33-28(17-20(3)4)30-35-34-21(5)36(30)31(26)37-24/h6-13,18-20,28H,14-17H2,1-5H3. The molecule has 6 heteroatoms. The van der Waals surface area contributed by atoms with Crippen LogP contribution in [0.15, 0.2) is 59.6 Å². The Balaban J connectivity index is 1.53. The Bertz CT molecular complexity index is 1410. The zero-order valence-corrected chi connectivity index (χ0v) is 23.9. The quantitative estimate of drug-likeness (QED) is 0.230. The SMILES string of the molecule is Cc1nnc2n1-c1sc(CCc3ccc(CC(C)C)cc3)cc1C(c1ccccc1Cl)=NC2CC(C)C. The van der Waals surface area contributed by atoms with Gasteiger partial charge in [0.15, 0.2) is 5.82 Å². The third kappa shape index (κ3) is 5.58. The largest absolute Gasteiger partial charge is 0.272 e. The van der Waals surface area contributed by atoms with Gasteiger partial charge in [0.1, 0.15) is 16.9 Å². The molecule has 0 saturated carbocycles. The topological polar surface area (TPSA) is 43.1 Å². The Morgan fingerprint density at radius 1 is 0.892 bits per heavy atom. The van der Waals surface area contributed by atoms with Gasteiger partial charge in [-0.2, -0.15) is 0 Å².